The molecule has 0 aromatic heterocycles. The minimum absolute atomic E-state index is 0.0219. The highest BCUT2D eigenvalue weighted by molar-refractivity contribution is 6.30. The molecular formula is C21H30ClN3O2. The maximum Gasteiger partial charge on any atom is 0.253 e. The summed E-state index contributed by atoms with van der Waals surface area (Å²) in [5.41, 5.74) is 0.625. The fourth-order valence-electron chi connectivity index (χ4n) is 4.11. The van der Waals surface area contributed by atoms with Crippen molar-refractivity contribution in [1.82, 2.24) is 15.1 Å². The van der Waals surface area contributed by atoms with E-state index < -0.39 is 0 Å². The number of piperidine rings is 2. The molecule has 2 atom stereocenters. The fraction of sp³-hybridized carbons (Fsp3) is 0.619. The van der Waals surface area contributed by atoms with Gasteiger partial charge in [0.25, 0.3) is 5.91 Å². The van der Waals surface area contributed by atoms with E-state index >= 15 is 0 Å². The Hall–Kier alpha value is -1.59. The number of likely N-dealkylation sites (tertiary alicyclic amines) is 2. The van der Waals surface area contributed by atoms with E-state index in [1.807, 2.05) is 0 Å². The van der Waals surface area contributed by atoms with E-state index in [0.717, 1.165) is 25.9 Å². The molecule has 2 saturated heterocycles. The summed E-state index contributed by atoms with van der Waals surface area (Å²) < 4.78 is 0. The van der Waals surface area contributed by atoms with Crippen molar-refractivity contribution in [1.29, 1.82) is 0 Å². The van der Waals surface area contributed by atoms with E-state index in [1.165, 1.54) is 19.3 Å². The molecule has 3 rings (SSSR count). The third kappa shape index (κ3) is 5.45. The Morgan fingerprint density at radius 2 is 1.89 bits per heavy atom. The largest absolute Gasteiger partial charge is 0.355 e. The molecule has 2 heterocycles. The number of nitrogens with one attached hydrogen (secondary N) is 1. The summed E-state index contributed by atoms with van der Waals surface area (Å²) in [6.07, 6.45) is 5.52. The van der Waals surface area contributed by atoms with Crippen LogP contribution in [0.3, 0.4) is 0 Å². The molecule has 27 heavy (non-hydrogen) atoms. The third-order valence-electron chi connectivity index (χ3n) is 5.81. The maximum atomic E-state index is 12.7. The highest BCUT2D eigenvalue weighted by Crippen LogP contribution is 2.20. The second-order valence-corrected chi connectivity index (χ2v) is 8.21. The van der Waals surface area contributed by atoms with Crippen LogP contribution >= 0.6 is 11.6 Å². The van der Waals surface area contributed by atoms with Crippen LogP contribution in [0, 0.1) is 5.92 Å². The van der Waals surface area contributed by atoms with Crippen molar-refractivity contribution in [2.45, 2.75) is 45.1 Å². The highest BCUT2D eigenvalue weighted by atomic mass is 35.5. The molecule has 1 aromatic carbocycles. The summed E-state index contributed by atoms with van der Waals surface area (Å²) in [5.74, 6) is -0.0617. The lowest BCUT2D eigenvalue weighted by atomic mass is 9.96. The summed E-state index contributed by atoms with van der Waals surface area (Å²) in [7, 11) is 0. The Labute approximate surface area is 167 Å². The van der Waals surface area contributed by atoms with Crippen LogP contribution in [0.15, 0.2) is 24.3 Å². The lowest BCUT2D eigenvalue weighted by Crippen LogP contribution is -2.47. The van der Waals surface area contributed by atoms with Crippen molar-refractivity contribution < 1.29 is 9.59 Å². The van der Waals surface area contributed by atoms with Gasteiger partial charge in [0.05, 0.1) is 5.92 Å². The molecule has 2 aliphatic heterocycles. The normalized spacial score (nSPS) is 23.9. The van der Waals surface area contributed by atoms with E-state index in [9.17, 15) is 9.59 Å². The summed E-state index contributed by atoms with van der Waals surface area (Å²) in [6.45, 7) is 6.19. The van der Waals surface area contributed by atoms with Gasteiger partial charge in [0.15, 0.2) is 0 Å². The van der Waals surface area contributed by atoms with Gasteiger partial charge in [-0.05, 0) is 63.4 Å². The van der Waals surface area contributed by atoms with Crippen molar-refractivity contribution in [3.63, 3.8) is 0 Å². The van der Waals surface area contributed by atoms with Crippen LogP contribution in [-0.4, -0.2) is 60.4 Å². The first-order valence-corrected chi connectivity index (χ1v) is 10.5. The molecule has 2 fully saturated rings. The van der Waals surface area contributed by atoms with E-state index in [1.54, 1.807) is 29.2 Å². The van der Waals surface area contributed by atoms with Crippen LogP contribution in [0.5, 0.6) is 0 Å². The Balaban J connectivity index is 1.47. The average Bonchev–Trinajstić information content (AvgIpc) is 2.69. The first-order chi connectivity index (χ1) is 13.0. The second-order valence-electron chi connectivity index (χ2n) is 7.77. The molecule has 2 unspecified atom stereocenters. The zero-order valence-corrected chi connectivity index (χ0v) is 16.9. The van der Waals surface area contributed by atoms with E-state index in [4.69, 9.17) is 11.6 Å². The van der Waals surface area contributed by atoms with Crippen molar-refractivity contribution in [2.75, 3.05) is 32.7 Å². The van der Waals surface area contributed by atoms with Gasteiger partial charge in [0, 0.05) is 42.8 Å². The smallest absolute Gasteiger partial charge is 0.253 e. The van der Waals surface area contributed by atoms with Crippen molar-refractivity contribution in [3.8, 4) is 0 Å². The topological polar surface area (TPSA) is 52.7 Å². The molecule has 1 N–H and O–H groups in total. The summed E-state index contributed by atoms with van der Waals surface area (Å²) in [6, 6.07) is 7.55. The van der Waals surface area contributed by atoms with Crippen LogP contribution < -0.4 is 5.32 Å². The molecule has 1 aromatic rings. The van der Waals surface area contributed by atoms with E-state index in [2.05, 4.69) is 17.1 Å². The monoisotopic (exact) mass is 391 g/mol. The fourth-order valence-corrected chi connectivity index (χ4v) is 4.23. The van der Waals surface area contributed by atoms with E-state index in [-0.39, 0.29) is 17.7 Å². The molecule has 5 nitrogen and oxygen atoms in total. The van der Waals surface area contributed by atoms with Gasteiger partial charge in [-0.25, -0.2) is 0 Å². The summed E-state index contributed by atoms with van der Waals surface area (Å²) in [4.78, 5) is 29.5. The number of carbonyl (C=O) groups is 2. The van der Waals surface area contributed by atoms with Gasteiger partial charge in [-0.3, -0.25) is 14.5 Å². The maximum absolute atomic E-state index is 12.7. The first kappa shape index (κ1) is 20.2. The quantitative estimate of drug-likeness (QED) is 0.838. The zero-order valence-electron chi connectivity index (χ0n) is 16.1. The van der Waals surface area contributed by atoms with Crippen molar-refractivity contribution >= 4 is 23.4 Å². The molecule has 0 radical (unpaired) electrons. The van der Waals surface area contributed by atoms with Crippen molar-refractivity contribution in [3.05, 3.63) is 34.9 Å². The number of carbonyl (C=O) groups excluding carboxylic acids is 2. The molecule has 0 bridgehead atoms. The second kappa shape index (κ2) is 9.56. The Morgan fingerprint density at radius 3 is 2.63 bits per heavy atom. The molecular weight excluding hydrogens is 362 g/mol. The number of nitrogens with zero attached hydrogens (tertiary/aromatic N) is 2. The van der Waals surface area contributed by atoms with Gasteiger partial charge in [-0.2, -0.15) is 0 Å². The molecule has 148 valence electrons. The number of amides is 2. The van der Waals surface area contributed by atoms with Crippen molar-refractivity contribution in [2.24, 2.45) is 5.92 Å². The molecule has 2 aliphatic rings. The molecule has 0 saturated carbocycles. The van der Waals surface area contributed by atoms with Gasteiger partial charge in [0.1, 0.15) is 0 Å². The van der Waals surface area contributed by atoms with Gasteiger partial charge >= 0.3 is 0 Å². The van der Waals surface area contributed by atoms with Gasteiger partial charge in [-0.1, -0.05) is 18.0 Å². The SMILES string of the molecule is CC1CCCCN1CCNC(=O)C1CCCN(C(=O)c2ccc(Cl)cc2)C1. The standard InChI is InChI=1S/C21H30ClN3O2/c1-16-5-2-3-12-24(16)14-11-23-20(26)18-6-4-13-25(15-18)21(27)17-7-9-19(22)10-8-17/h7-10,16,18H,2-6,11-15H2,1H3,(H,23,26). The first-order valence-electron chi connectivity index (χ1n) is 10.1. The predicted octanol–water partition coefficient (Wildman–Crippen LogP) is 3.18. The number of hydrogen-bond donors (Lipinski definition) is 1. The van der Waals surface area contributed by atoms with Crippen LogP contribution in [-0.2, 0) is 4.79 Å². The van der Waals surface area contributed by atoms with Gasteiger partial charge < -0.3 is 10.2 Å². The summed E-state index contributed by atoms with van der Waals surface area (Å²) in [5, 5.41) is 3.71. The number of rotatable bonds is 5. The van der Waals surface area contributed by atoms with E-state index in [0.29, 0.717) is 36.3 Å². The summed E-state index contributed by atoms with van der Waals surface area (Å²) >= 11 is 5.90. The minimum atomic E-state index is -0.117. The van der Waals surface area contributed by atoms with Crippen LogP contribution in [0.2, 0.25) is 5.02 Å². The number of hydrogen-bond acceptors (Lipinski definition) is 3. The molecule has 0 aliphatic carbocycles. The van der Waals surface area contributed by atoms with Crippen LogP contribution in [0.4, 0.5) is 0 Å². The Bertz CT molecular complexity index is 649. The number of benzene rings is 1. The van der Waals surface area contributed by atoms with Gasteiger partial charge in [0.2, 0.25) is 5.91 Å². The lowest BCUT2D eigenvalue weighted by molar-refractivity contribution is -0.126. The minimum Gasteiger partial charge on any atom is -0.355 e. The number of halogens is 1. The zero-order chi connectivity index (χ0) is 19.2. The highest BCUT2D eigenvalue weighted by Gasteiger charge is 2.29. The molecule has 6 heteroatoms. The van der Waals surface area contributed by atoms with Crippen LogP contribution in [0.1, 0.15) is 49.4 Å². The lowest BCUT2D eigenvalue weighted by Gasteiger charge is -2.34. The third-order valence-corrected chi connectivity index (χ3v) is 6.06. The van der Waals surface area contributed by atoms with Gasteiger partial charge in [-0.15, -0.1) is 0 Å². The van der Waals surface area contributed by atoms with Crippen LogP contribution in [0.25, 0.3) is 0 Å². The average molecular weight is 392 g/mol. The molecule has 2 amide bonds. The Kier molecular flexibility index (Phi) is 7.13. The predicted molar refractivity (Wildman–Crippen MR) is 108 cm³/mol. The molecule has 0 spiro atoms. The Morgan fingerprint density at radius 1 is 1.11 bits per heavy atom.